The maximum Gasteiger partial charge on any atom is 0.417 e. The van der Waals surface area contributed by atoms with Gasteiger partial charge in [0.25, 0.3) is 0 Å². The van der Waals surface area contributed by atoms with E-state index >= 15 is 4.39 Å². The standard InChI is InChI=1S/C43H61FO9/c1-8-9-10-13-31-16-18-32(19-17-31)33-20-21-37(38(44)26-33)36-24-34(14-11-22-48-5)39(35(25-36)15-12-23-51-40(45)30(2)3)52-28-43(4,27-49-6)29-53-42(47)41(46)50-7/h20-21,24-26,31-32H,2,8-19,22-23,27-29H2,1,3-7H3. The number of rotatable bonds is 22. The highest BCUT2D eigenvalue weighted by Gasteiger charge is 2.31. The van der Waals surface area contributed by atoms with Crippen LogP contribution < -0.4 is 4.74 Å². The molecule has 0 bridgehead atoms. The predicted molar refractivity (Wildman–Crippen MR) is 203 cm³/mol. The van der Waals surface area contributed by atoms with E-state index in [0.717, 1.165) is 48.1 Å². The minimum Gasteiger partial charge on any atom is -0.492 e. The van der Waals surface area contributed by atoms with Crippen LogP contribution in [0.4, 0.5) is 4.39 Å². The third kappa shape index (κ3) is 13.9. The molecule has 1 aliphatic carbocycles. The molecule has 2 aromatic rings. The smallest absolute Gasteiger partial charge is 0.417 e. The lowest BCUT2D eigenvalue weighted by Gasteiger charge is -2.29. The molecule has 0 aromatic heterocycles. The summed E-state index contributed by atoms with van der Waals surface area (Å²) >= 11 is 0. The van der Waals surface area contributed by atoms with Gasteiger partial charge in [0, 0.05) is 32.0 Å². The Morgan fingerprint density at radius 3 is 2.08 bits per heavy atom. The van der Waals surface area contributed by atoms with Crippen LogP contribution in [-0.4, -0.2) is 72.3 Å². The zero-order chi connectivity index (χ0) is 38.8. The number of esters is 3. The van der Waals surface area contributed by atoms with Gasteiger partial charge in [-0.25, -0.2) is 18.8 Å². The molecule has 1 fully saturated rings. The third-order valence-corrected chi connectivity index (χ3v) is 10.0. The van der Waals surface area contributed by atoms with Crippen LogP contribution in [0.5, 0.6) is 5.75 Å². The summed E-state index contributed by atoms with van der Waals surface area (Å²) in [6, 6.07) is 9.62. The third-order valence-electron chi connectivity index (χ3n) is 10.0. The van der Waals surface area contributed by atoms with Crippen LogP contribution >= 0.6 is 0 Å². The molecule has 0 spiro atoms. The number of carbonyl (C=O) groups excluding carboxylic acids is 3. The van der Waals surface area contributed by atoms with Crippen molar-refractivity contribution in [3.8, 4) is 16.9 Å². The van der Waals surface area contributed by atoms with E-state index in [4.69, 9.17) is 23.7 Å². The summed E-state index contributed by atoms with van der Waals surface area (Å²) in [5.41, 5.74) is 3.47. The van der Waals surface area contributed by atoms with Crippen molar-refractivity contribution in [2.24, 2.45) is 11.3 Å². The number of halogens is 1. The summed E-state index contributed by atoms with van der Waals surface area (Å²) in [5.74, 6) is -1.15. The number of benzene rings is 2. The van der Waals surface area contributed by atoms with Crippen LogP contribution in [0.3, 0.4) is 0 Å². The lowest BCUT2D eigenvalue weighted by Crippen LogP contribution is -2.37. The van der Waals surface area contributed by atoms with Gasteiger partial charge in [0.05, 0.1) is 32.3 Å². The van der Waals surface area contributed by atoms with Crippen molar-refractivity contribution in [1.82, 2.24) is 0 Å². The largest absolute Gasteiger partial charge is 0.492 e. The number of unbranched alkanes of at least 4 members (excludes halogenated alkanes) is 2. The molecule has 3 rings (SSSR count). The molecular formula is C43H61FO9. The van der Waals surface area contributed by atoms with Gasteiger partial charge in [0.2, 0.25) is 0 Å². The lowest BCUT2D eigenvalue weighted by molar-refractivity contribution is -0.169. The van der Waals surface area contributed by atoms with E-state index in [1.54, 1.807) is 20.1 Å². The fourth-order valence-corrected chi connectivity index (χ4v) is 7.01. The minimum absolute atomic E-state index is 0.0769. The van der Waals surface area contributed by atoms with E-state index in [-0.39, 0.29) is 32.2 Å². The van der Waals surface area contributed by atoms with Crippen molar-refractivity contribution in [2.75, 3.05) is 54.4 Å². The van der Waals surface area contributed by atoms with Gasteiger partial charge in [-0.15, -0.1) is 0 Å². The van der Waals surface area contributed by atoms with Crippen molar-refractivity contribution in [3.63, 3.8) is 0 Å². The Balaban J connectivity index is 1.94. The van der Waals surface area contributed by atoms with Crippen LogP contribution in [0, 0.1) is 17.2 Å². The van der Waals surface area contributed by atoms with Crippen LogP contribution in [-0.2, 0) is 50.9 Å². The number of hydrogen-bond acceptors (Lipinski definition) is 9. The molecule has 1 unspecified atom stereocenters. The van der Waals surface area contributed by atoms with Crippen LogP contribution in [0.2, 0.25) is 0 Å². The molecule has 2 aromatic carbocycles. The van der Waals surface area contributed by atoms with E-state index in [1.165, 1.54) is 45.6 Å². The van der Waals surface area contributed by atoms with E-state index in [9.17, 15) is 14.4 Å². The number of aryl methyl sites for hydroxylation is 2. The van der Waals surface area contributed by atoms with Gasteiger partial charge in [0.1, 0.15) is 18.2 Å². The van der Waals surface area contributed by atoms with Crippen molar-refractivity contribution >= 4 is 17.9 Å². The molecule has 0 amide bonds. The molecule has 9 nitrogen and oxygen atoms in total. The Labute approximate surface area is 315 Å². The summed E-state index contributed by atoms with van der Waals surface area (Å²) in [5, 5.41) is 0. The fourth-order valence-electron chi connectivity index (χ4n) is 7.01. The van der Waals surface area contributed by atoms with Crippen LogP contribution in [0.25, 0.3) is 11.1 Å². The maximum atomic E-state index is 16.1. The normalized spacial score (nSPS) is 16.7. The summed E-state index contributed by atoms with van der Waals surface area (Å²) < 4.78 is 48.6. The second kappa shape index (κ2) is 22.5. The van der Waals surface area contributed by atoms with Gasteiger partial charge in [-0.3, -0.25) is 0 Å². The van der Waals surface area contributed by atoms with E-state index in [2.05, 4.69) is 24.3 Å². The van der Waals surface area contributed by atoms with Gasteiger partial charge in [-0.05, 0) is 111 Å². The highest BCUT2D eigenvalue weighted by molar-refractivity contribution is 6.29. The Morgan fingerprint density at radius 1 is 0.811 bits per heavy atom. The molecular weight excluding hydrogens is 679 g/mol. The van der Waals surface area contributed by atoms with E-state index in [1.807, 2.05) is 25.1 Å². The second-order valence-corrected chi connectivity index (χ2v) is 14.8. The van der Waals surface area contributed by atoms with Gasteiger partial charge in [-0.1, -0.05) is 58.2 Å². The number of ether oxygens (including phenoxy) is 6. The molecule has 1 aliphatic rings. The number of hydrogen-bond donors (Lipinski definition) is 0. The van der Waals surface area contributed by atoms with Gasteiger partial charge >= 0.3 is 17.9 Å². The predicted octanol–water partition coefficient (Wildman–Crippen LogP) is 8.73. The van der Waals surface area contributed by atoms with Crippen molar-refractivity contribution in [2.45, 2.75) is 104 Å². The van der Waals surface area contributed by atoms with E-state index < -0.39 is 23.3 Å². The van der Waals surface area contributed by atoms with Gasteiger partial charge in [0.15, 0.2) is 0 Å². The first kappa shape index (κ1) is 43.6. The number of methoxy groups -OCH3 is 3. The molecule has 0 N–H and O–H groups in total. The Bertz CT molecular complexity index is 1500. The van der Waals surface area contributed by atoms with Crippen LogP contribution in [0.1, 0.15) is 108 Å². The first-order chi connectivity index (χ1) is 25.4. The van der Waals surface area contributed by atoms with Crippen LogP contribution in [0.15, 0.2) is 42.5 Å². The van der Waals surface area contributed by atoms with Crippen molar-refractivity contribution in [3.05, 3.63) is 65.0 Å². The van der Waals surface area contributed by atoms with Crippen molar-refractivity contribution < 1.29 is 47.2 Å². The topological polar surface area (TPSA) is 107 Å². The Hall–Kier alpha value is -3.76. The fraction of sp³-hybridized carbons (Fsp3) is 0.605. The molecule has 294 valence electrons. The Kier molecular flexibility index (Phi) is 18.5. The summed E-state index contributed by atoms with van der Waals surface area (Å²) in [6.45, 7) is 10.1. The molecule has 0 aliphatic heterocycles. The lowest BCUT2D eigenvalue weighted by atomic mass is 9.77. The molecule has 53 heavy (non-hydrogen) atoms. The monoisotopic (exact) mass is 740 g/mol. The first-order valence-corrected chi connectivity index (χ1v) is 19.1. The first-order valence-electron chi connectivity index (χ1n) is 19.1. The zero-order valence-electron chi connectivity index (χ0n) is 32.8. The average Bonchev–Trinajstić information content (AvgIpc) is 3.15. The average molecular weight is 741 g/mol. The SMILES string of the molecule is C=C(C)C(=O)OCCCc1cc(-c2ccc(C3CCC(CCCCC)CC3)cc2F)cc(CCCOC)c1OCC(C)(COC)COC(=O)C(=O)OC. The molecule has 0 heterocycles. The van der Waals surface area contributed by atoms with Gasteiger partial charge in [-0.2, -0.15) is 0 Å². The molecule has 0 saturated heterocycles. The highest BCUT2D eigenvalue weighted by atomic mass is 19.1. The quantitative estimate of drug-likeness (QED) is 0.0385. The maximum absolute atomic E-state index is 16.1. The molecule has 1 atom stereocenters. The summed E-state index contributed by atoms with van der Waals surface area (Å²) in [4.78, 5) is 35.9. The summed E-state index contributed by atoms with van der Waals surface area (Å²) in [7, 11) is 4.29. The molecule has 0 radical (unpaired) electrons. The molecule has 1 saturated carbocycles. The minimum atomic E-state index is -1.10. The zero-order valence-corrected chi connectivity index (χ0v) is 32.8. The Morgan fingerprint density at radius 2 is 1.49 bits per heavy atom. The van der Waals surface area contributed by atoms with E-state index in [0.29, 0.717) is 55.1 Å². The summed E-state index contributed by atoms with van der Waals surface area (Å²) in [6.07, 6.45) is 12.0. The molecule has 10 heteroatoms. The highest BCUT2D eigenvalue weighted by Crippen LogP contribution is 2.40. The van der Waals surface area contributed by atoms with Gasteiger partial charge < -0.3 is 28.4 Å². The number of carbonyl (C=O) groups is 3. The van der Waals surface area contributed by atoms with Crippen molar-refractivity contribution in [1.29, 1.82) is 0 Å². The second-order valence-electron chi connectivity index (χ2n) is 14.8.